The summed E-state index contributed by atoms with van der Waals surface area (Å²) < 4.78 is 11.6. The lowest BCUT2D eigenvalue weighted by molar-refractivity contribution is 0.392. The number of epoxide rings is 1. The summed E-state index contributed by atoms with van der Waals surface area (Å²) in [6, 6.07) is 7.96. The number of benzene rings is 1. The molecule has 14 heavy (non-hydrogen) atoms. The molecule has 1 aliphatic rings. The molecular formula is C11H11IO2. The van der Waals surface area contributed by atoms with Crippen molar-refractivity contribution in [3.05, 3.63) is 40.0 Å². The molecule has 0 N–H and O–H groups in total. The lowest BCUT2D eigenvalue weighted by Crippen LogP contribution is -1.88. The molecule has 74 valence electrons. The fourth-order valence-electron chi connectivity index (χ4n) is 1.40. The molecule has 0 bridgehead atoms. The first-order valence-electron chi connectivity index (χ1n) is 4.36. The summed E-state index contributed by atoms with van der Waals surface area (Å²) in [6.07, 6.45) is 0.398. The van der Waals surface area contributed by atoms with Crippen LogP contribution in [-0.4, -0.2) is 13.2 Å². The summed E-state index contributed by atoms with van der Waals surface area (Å²) in [5.41, 5.74) is 1.19. The molecule has 0 aliphatic carbocycles. The molecule has 0 aromatic heterocycles. The van der Waals surface area contributed by atoms with Crippen LogP contribution in [0.2, 0.25) is 0 Å². The van der Waals surface area contributed by atoms with Crippen LogP contribution in [0.3, 0.4) is 0 Å². The molecule has 0 spiro atoms. The fraction of sp³-hybridized carbons (Fsp3) is 0.273. The van der Waals surface area contributed by atoms with Gasteiger partial charge < -0.3 is 9.47 Å². The van der Waals surface area contributed by atoms with Crippen molar-refractivity contribution in [3.63, 3.8) is 0 Å². The largest absolute Gasteiger partial charge is 0.497 e. The van der Waals surface area contributed by atoms with E-state index in [1.807, 2.05) is 24.3 Å². The lowest BCUT2D eigenvalue weighted by Gasteiger charge is -2.00. The van der Waals surface area contributed by atoms with Gasteiger partial charge in [0.2, 0.25) is 0 Å². The van der Waals surface area contributed by atoms with E-state index in [-0.39, 0.29) is 12.2 Å². The Labute approximate surface area is 97.0 Å². The first-order chi connectivity index (χ1) is 6.72. The summed E-state index contributed by atoms with van der Waals surface area (Å²) in [4.78, 5) is 0. The van der Waals surface area contributed by atoms with Crippen LogP contribution < -0.4 is 4.74 Å². The smallest absolute Gasteiger partial charge is 0.119 e. The third-order valence-electron chi connectivity index (χ3n) is 2.24. The SMILES string of the molecule is C=C(I)[C@@H]1O[C@H]1c1ccc(OC)cc1. The highest BCUT2D eigenvalue weighted by molar-refractivity contribution is 14.1. The minimum absolute atomic E-state index is 0.198. The number of rotatable bonds is 3. The van der Waals surface area contributed by atoms with E-state index in [4.69, 9.17) is 9.47 Å². The van der Waals surface area contributed by atoms with Gasteiger partial charge in [-0.3, -0.25) is 0 Å². The Balaban J connectivity index is 2.08. The highest BCUT2D eigenvalue weighted by Gasteiger charge is 2.41. The van der Waals surface area contributed by atoms with Crippen molar-refractivity contribution in [2.45, 2.75) is 12.2 Å². The fourth-order valence-corrected chi connectivity index (χ4v) is 1.87. The quantitative estimate of drug-likeness (QED) is 0.632. The van der Waals surface area contributed by atoms with Crippen LogP contribution in [0.5, 0.6) is 5.75 Å². The third kappa shape index (κ3) is 1.93. The molecule has 2 rings (SSSR count). The summed E-state index contributed by atoms with van der Waals surface area (Å²) >= 11 is 2.21. The van der Waals surface area contributed by atoms with E-state index in [1.54, 1.807) is 7.11 Å². The van der Waals surface area contributed by atoms with Gasteiger partial charge in [0, 0.05) is 3.58 Å². The van der Waals surface area contributed by atoms with E-state index in [9.17, 15) is 0 Å². The highest BCUT2D eigenvalue weighted by atomic mass is 127. The van der Waals surface area contributed by atoms with Gasteiger partial charge in [-0.1, -0.05) is 18.7 Å². The van der Waals surface area contributed by atoms with Crippen molar-refractivity contribution in [1.29, 1.82) is 0 Å². The van der Waals surface area contributed by atoms with Crippen molar-refractivity contribution < 1.29 is 9.47 Å². The van der Waals surface area contributed by atoms with Gasteiger partial charge in [0.15, 0.2) is 0 Å². The second-order valence-electron chi connectivity index (χ2n) is 3.20. The van der Waals surface area contributed by atoms with Crippen LogP contribution in [0.25, 0.3) is 0 Å². The number of ether oxygens (including phenoxy) is 2. The monoisotopic (exact) mass is 302 g/mol. The number of methoxy groups -OCH3 is 1. The third-order valence-corrected chi connectivity index (χ3v) is 2.86. The van der Waals surface area contributed by atoms with Gasteiger partial charge in [0.05, 0.1) is 7.11 Å². The van der Waals surface area contributed by atoms with E-state index in [1.165, 1.54) is 5.56 Å². The maximum Gasteiger partial charge on any atom is 0.119 e. The topological polar surface area (TPSA) is 21.8 Å². The molecule has 1 aliphatic heterocycles. The molecule has 1 heterocycles. The van der Waals surface area contributed by atoms with E-state index in [0.717, 1.165) is 9.33 Å². The summed E-state index contributed by atoms with van der Waals surface area (Å²) in [7, 11) is 1.66. The summed E-state index contributed by atoms with van der Waals surface area (Å²) in [6.45, 7) is 3.86. The molecular weight excluding hydrogens is 291 g/mol. The van der Waals surface area contributed by atoms with Crippen molar-refractivity contribution in [1.82, 2.24) is 0 Å². The lowest BCUT2D eigenvalue weighted by atomic mass is 10.1. The maximum atomic E-state index is 5.49. The van der Waals surface area contributed by atoms with Crippen LogP contribution in [0.15, 0.2) is 34.4 Å². The molecule has 1 aromatic carbocycles. The van der Waals surface area contributed by atoms with Gasteiger partial charge in [-0.15, -0.1) is 0 Å². The first kappa shape index (κ1) is 9.98. The van der Waals surface area contributed by atoms with Gasteiger partial charge >= 0.3 is 0 Å². The first-order valence-corrected chi connectivity index (χ1v) is 5.44. The Morgan fingerprint density at radius 3 is 2.50 bits per heavy atom. The molecule has 0 unspecified atom stereocenters. The van der Waals surface area contributed by atoms with Gasteiger partial charge in [0.1, 0.15) is 18.0 Å². The molecule has 1 saturated heterocycles. The zero-order chi connectivity index (χ0) is 10.1. The average molecular weight is 302 g/mol. The maximum absolute atomic E-state index is 5.49. The molecule has 1 aromatic rings. The van der Waals surface area contributed by atoms with Crippen LogP contribution in [0, 0.1) is 0 Å². The van der Waals surface area contributed by atoms with Gasteiger partial charge in [-0.05, 0) is 40.3 Å². The molecule has 0 saturated carbocycles. The minimum Gasteiger partial charge on any atom is -0.497 e. The molecule has 2 nitrogen and oxygen atoms in total. The van der Waals surface area contributed by atoms with E-state index < -0.39 is 0 Å². The predicted octanol–water partition coefficient (Wildman–Crippen LogP) is 3.08. The van der Waals surface area contributed by atoms with Crippen molar-refractivity contribution in [2.24, 2.45) is 0 Å². The van der Waals surface area contributed by atoms with Crippen molar-refractivity contribution >= 4 is 22.6 Å². The highest BCUT2D eigenvalue weighted by Crippen LogP contribution is 2.44. The second kappa shape index (κ2) is 3.90. The average Bonchev–Trinajstić information content (AvgIpc) is 2.97. The van der Waals surface area contributed by atoms with Crippen LogP contribution in [0.4, 0.5) is 0 Å². The van der Waals surface area contributed by atoms with Crippen LogP contribution in [0.1, 0.15) is 11.7 Å². The Kier molecular flexibility index (Phi) is 2.78. The zero-order valence-corrected chi connectivity index (χ0v) is 10.0. The molecule has 3 heteroatoms. The molecule has 2 atom stereocenters. The van der Waals surface area contributed by atoms with E-state index >= 15 is 0 Å². The Bertz CT molecular complexity index is 345. The molecule has 0 amide bonds. The molecule has 0 radical (unpaired) electrons. The van der Waals surface area contributed by atoms with Gasteiger partial charge in [-0.2, -0.15) is 0 Å². The van der Waals surface area contributed by atoms with Crippen LogP contribution >= 0.6 is 22.6 Å². The number of hydrogen-bond donors (Lipinski definition) is 0. The molecule has 1 fully saturated rings. The Morgan fingerprint density at radius 1 is 1.43 bits per heavy atom. The normalized spacial score (nSPS) is 24.4. The summed E-state index contributed by atoms with van der Waals surface area (Å²) in [5.74, 6) is 0.874. The van der Waals surface area contributed by atoms with Crippen molar-refractivity contribution in [3.8, 4) is 5.75 Å². The predicted molar refractivity (Wildman–Crippen MR) is 63.8 cm³/mol. The van der Waals surface area contributed by atoms with E-state index in [2.05, 4.69) is 29.2 Å². The number of halogens is 1. The number of hydrogen-bond acceptors (Lipinski definition) is 2. The zero-order valence-electron chi connectivity index (χ0n) is 7.87. The van der Waals surface area contributed by atoms with Crippen LogP contribution in [-0.2, 0) is 4.74 Å². The van der Waals surface area contributed by atoms with Gasteiger partial charge in [0.25, 0.3) is 0 Å². The summed E-state index contributed by atoms with van der Waals surface area (Å²) in [5, 5.41) is 0. The minimum atomic E-state index is 0.198. The Hall–Kier alpha value is -0.550. The van der Waals surface area contributed by atoms with E-state index in [0.29, 0.717) is 0 Å². The van der Waals surface area contributed by atoms with Crippen molar-refractivity contribution in [2.75, 3.05) is 7.11 Å². The van der Waals surface area contributed by atoms with Gasteiger partial charge in [-0.25, -0.2) is 0 Å². The Morgan fingerprint density at radius 2 is 2.07 bits per heavy atom. The standard InChI is InChI=1S/C11H11IO2/c1-7(12)10-11(14-10)8-3-5-9(13-2)6-4-8/h3-6,10-11H,1H2,2H3/t10-,11-/m0/s1. The second-order valence-corrected chi connectivity index (χ2v) is 4.58.